The van der Waals surface area contributed by atoms with E-state index in [9.17, 15) is 4.79 Å². The Hall–Kier alpha value is -1.80. The molecule has 0 atom stereocenters. The van der Waals surface area contributed by atoms with Crippen molar-refractivity contribution < 1.29 is 19.0 Å². The molecule has 0 aromatic heterocycles. The first-order valence-electron chi connectivity index (χ1n) is 7.00. The van der Waals surface area contributed by atoms with E-state index in [1.807, 2.05) is 18.2 Å². The lowest BCUT2D eigenvalue weighted by molar-refractivity contribution is 0.102. The number of nitrogens with one attached hydrogen (secondary N) is 1. The number of benzene rings is 2. The third kappa shape index (κ3) is 5.11. The van der Waals surface area contributed by atoms with Crippen LogP contribution in [0.15, 0.2) is 42.5 Å². The molecule has 2 aromatic carbocycles. The van der Waals surface area contributed by atoms with Crippen molar-refractivity contribution in [2.24, 2.45) is 0 Å². The number of ether oxygens (including phenoxy) is 3. The molecule has 0 spiro atoms. The average Bonchev–Trinajstić information content (AvgIpc) is 2.55. The van der Waals surface area contributed by atoms with Crippen LogP contribution < -0.4 is 14.8 Å². The lowest BCUT2D eigenvalue weighted by Gasteiger charge is -2.13. The van der Waals surface area contributed by atoms with Gasteiger partial charge < -0.3 is 19.5 Å². The van der Waals surface area contributed by atoms with E-state index in [1.165, 1.54) is 0 Å². The highest BCUT2D eigenvalue weighted by Crippen LogP contribution is 2.30. The molecule has 0 fully saturated rings. The zero-order valence-corrected chi connectivity index (χ0v) is 15.1. The van der Waals surface area contributed by atoms with E-state index in [4.69, 9.17) is 14.2 Å². The first kappa shape index (κ1) is 17.6. The van der Waals surface area contributed by atoms with Gasteiger partial charge >= 0.3 is 0 Å². The van der Waals surface area contributed by atoms with Gasteiger partial charge in [0.25, 0.3) is 5.91 Å². The van der Waals surface area contributed by atoms with Crippen LogP contribution in [0.4, 0.5) is 5.69 Å². The Labute approximate surface area is 149 Å². The quantitative estimate of drug-likeness (QED) is 0.542. The molecule has 0 bridgehead atoms. The summed E-state index contributed by atoms with van der Waals surface area (Å²) in [6.07, 6.45) is 0. The number of anilines is 1. The van der Waals surface area contributed by atoms with Crippen LogP contribution in [-0.2, 0) is 4.74 Å². The van der Waals surface area contributed by atoms with Gasteiger partial charge in [-0.2, -0.15) is 0 Å². The summed E-state index contributed by atoms with van der Waals surface area (Å²) >= 11 is 2.17. The Morgan fingerprint density at radius 2 is 1.91 bits per heavy atom. The topological polar surface area (TPSA) is 56.8 Å². The summed E-state index contributed by atoms with van der Waals surface area (Å²) in [7, 11) is 3.18. The molecule has 5 nitrogen and oxygen atoms in total. The number of carbonyl (C=O) groups excluding carboxylic acids is 1. The van der Waals surface area contributed by atoms with Crippen molar-refractivity contribution in [3.8, 4) is 11.5 Å². The van der Waals surface area contributed by atoms with Crippen molar-refractivity contribution in [1.29, 1.82) is 0 Å². The molecule has 1 N–H and O–H groups in total. The third-order valence-electron chi connectivity index (χ3n) is 3.05. The highest BCUT2D eigenvalue weighted by Gasteiger charge is 2.10. The van der Waals surface area contributed by atoms with Crippen LogP contribution >= 0.6 is 22.6 Å². The van der Waals surface area contributed by atoms with Gasteiger partial charge in [0, 0.05) is 28.0 Å². The van der Waals surface area contributed by atoms with Crippen LogP contribution in [0.5, 0.6) is 11.5 Å². The van der Waals surface area contributed by atoms with Crippen molar-refractivity contribution in [2.45, 2.75) is 0 Å². The second-order valence-electron chi connectivity index (χ2n) is 4.67. The summed E-state index contributed by atoms with van der Waals surface area (Å²) < 4.78 is 16.8. The van der Waals surface area contributed by atoms with Crippen LogP contribution in [0, 0.1) is 3.57 Å². The second kappa shape index (κ2) is 8.73. The number of methoxy groups -OCH3 is 2. The van der Waals surface area contributed by atoms with Crippen LogP contribution in [0.1, 0.15) is 10.4 Å². The highest BCUT2D eigenvalue weighted by atomic mass is 127. The maximum absolute atomic E-state index is 12.3. The predicted molar refractivity (Wildman–Crippen MR) is 97.5 cm³/mol. The zero-order chi connectivity index (χ0) is 16.7. The van der Waals surface area contributed by atoms with Crippen molar-refractivity contribution in [3.63, 3.8) is 0 Å². The van der Waals surface area contributed by atoms with E-state index in [0.717, 1.165) is 3.57 Å². The second-order valence-corrected chi connectivity index (χ2v) is 5.92. The number of rotatable bonds is 7. The molecular formula is C17H18INO4. The molecule has 2 rings (SSSR count). The molecule has 122 valence electrons. The summed E-state index contributed by atoms with van der Waals surface area (Å²) in [5.74, 6) is 0.995. The Balaban J connectivity index is 2.13. The lowest BCUT2D eigenvalue weighted by atomic mass is 10.2. The van der Waals surface area contributed by atoms with Crippen molar-refractivity contribution >= 4 is 34.2 Å². The lowest BCUT2D eigenvalue weighted by Crippen LogP contribution is -2.12. The Bertz CT molecular complexity index is 675. The molecule has 0 radical (unpaired) electrons. The van der Waals surface area contributed by atoms with Gasteiger partial charge in [-0.15, -0.1) is 0 Å². The smallest absolute Gasteiger partial charge is 0.255 e. The largest absolute Gasteiger partial charge is 0.493 e. The standard InChI is InChI=1S/C17H18INO4/c1-21-8-9-23-16-11-14(6-7-15(16)22-2)19-17(20)12-4-3-5-13(18)10-12/h3-7,10-11H,8-9H2,1-2H3,(H,19,20). The number of halogens is 1. The van der Waals surface area contributed by atoms with Crippen molar-refractivity contribution in [1.82, 2.24) is 0 Å². The SMILES string of the molecule is COCCOc1cc(NC(=O)c2cccc(I)c2)ccc1OC. The summed E-state index contributed by atoms with van der Waals surface area (Å²) in [5.41, 5.74) is 1.25. The molecule has 6 heteroatoms. The first-order valence-corrected chi connectivity index (χ1v) is 8.08. The Morgan fingerprint density at radius 1 is 1.09 bits per heavy atom. The highest BCUT2D eigenvalue weighted by molar-refractivity contribution is 14.1. The maximum atomic E-state index is 12.3. The monoisotopic (exact) mass is 427 g/mol. The molecule has 0 heterocycles. The molecule has 0 unspecified atom stereocenters. The first-order chi connectivity index (χ1) is 11.1. The summed E-state index contributed by atoms with van der Waals surface area (Å²) in [6.45, 7) is 0.878. The van der Waals surface area contributed by atoms with Crippen molar-refractivity contribution in [2.75, 3.05) is 32.8 Å². The van der Waals surface area contributed by atoms with Gasteiger partial charge in [-0.1, -0.05) is 6.07 Å². The predicted octanol–water partition coefficient (Wildman–Crippen LogP) is 3.58. The Morgan fingerprint density at radius 3 is 2.61 bits per heavy atom. The minimum atomic E-state index is -0.170. The molecule has 2 aromatic rings. The number of hydrogen-bond acceptors (Lipinski definition) is 4. The minimum absolute atomic E-state index is 0.170. The van der Waals surface area contributed by atoms with Gasteiger partial charge in [-0.25, -0.2) is 0 Å². The molecule has 0 aliphatic heterocycles. The van der Waals surface area contributed by atoms with Crippen LogP contribution in [0.2, 0.25) is 0 Å². The fraction of sp³-hybridized carbons (Fsp3) is 0.235. The molecule has 23 heavy (non-hydrogen) atoms. The molecule has 0 aliphatic rings. The normalized spacial score (nSPS) is 10.2. The van der Waals surface area contributed by atoms with Gasteiger partial charge in [0.2, 0.25) is 0 Å². The summed E-state index contributed by atoms with van der Waals surface area (Å²) in [5, 5.41) is 2.86. The molecule has 1 amide bonds. The fourth-order valence-corrected chi connectivity index (χ4v) is 2.48. The van der Waals surface area contributed by atoms with E-state index in [-0.39, 0.29) is 5.91 Å². The number of amides is 1. The van der Waals surface area contributed by atoms with Crippen molar-refractivity contribution in [3.05, 3.63) is 51.6 Å². The molecule has 0 saturated heterocycles. The van der Waals surface area contributed by atoms with Crippen LogP contribution in [0.3, 0.4) is 0 Å². The maximum Gasteiger partial charge on any atom is 0.255 e. The average molecular weight is 427 g/mol. The van der Waals surface area contributed by atoms with Gasteiger partial charge in [0.15, 0.2) is 11.5 Å². The fourth-order valence-electron chi connectivity index (χ4n) is 1.94. The van der Waals surface area contributed by atoms with E-state index in [2.05, 4.69) is 27.9 Å². The third-order valence-corrected chi connectivity index (χ3v) is 3.72. The van der Waals surface area contributed by atoms with Gasteiger partial charge in [-0.3, -0.25) is 4.79 Å². The Kier molecular flexibility index (Phi) is 6.66. The number of hydrogen-bond donors (Lipinski definition) is 1. The van der Waals surface area contributed by atoms with Gasteiger partial charge in [0.05, 0.1) is 13.7 Å². The summed E-state index contributed by atoms with van der Waals surface area (Å²) in [4.78, 5) is 12.3. The van der Waals surface area contributed by atoms with Crippen LogP contribution in [-0.4, -0.2) is 33.3 Å². The molecule has 0 aliphatic carbocycles. The van der Waals surface area contributed by atoms with Crippen LogP contribution in [0.25, 0.3) is 0 Å². The number of carbonyl (C=O) groups is 1. The van der Waals surface area contributed by atoms with Gasteiger partial charge in [-0.05, 0) is 52.9 Å². The van der Waals surface area contributed by atoms with E-state index >= 15 is 0 Å². The molecular weight excluding hydrogens is 409 g/mol. The molecule has 0 saturated carbocycles. The summed E-state index contributed by atoms with van der Waals surface area (Å²) in [6, 6.07) is 12.7. The van der Waals surface area contributed by atoms with E-state index < -0.39 is 0 Å². The minimum Gasteiger partial charge on any atom is -0.493 e. The van der Waals surface area contributed by atoms with E-state index in [1.54, 1.807) is 38.5 Å². The van der Waals surface area contributed by atoms with E-state index in [0.29, 0.717) is 36.0 Å². The van der Waals surface area contributed by atoms with Gasteiger partial charge in [0.1, 0.15) is 6.61 Å². The zero-order valence-electron chi connectivity index (χ0n) is 13.0.